The third-order valence-electron chi connectivity index (χ3n) is 5.30. The van der Waals surface area contributed by atoms with Crippen LogP contribution in [0.3, 0.4) is 0 Å². The van der Waals surface area contributed by atoms with Crippen LogP contribution in [0.15, 0.2) is 16.7 Å². The molecular formula is C20H27N3O3. The van der Waals surface area contributed by atoms with Crippen LogP contribution in [0, 0.1) is 0 Å². The van der Waals surface area contributed by atoms with Gasteiger partial charge in [0.1, 0.15) is 17.6 Å². The number of aromatic nitrogens is 2. The van der Waals surface area contributed by atoms with Crippen LogP contribution in [0.1, 0.15) is 61.9 Å². The predicted molar refractivity (Wildman–Crippen MR) is 98.0 cm³/mol. The number of fused-ring (bicyclic) bond motifs is 1. The minimum absolute atomic E-state index is 0.234. The highest BCUT2D eigenvalue weighted by Gasteiger charge is 2.46. The van der Waals surface area contributed by atoms with Gasteiger partial charge >= 0.3 is 0 Å². The highest BCUT2D eigenvalue weighted by atomic mass is 16.5. The summed E-state index contributed by atoms with van der Waals surface area (Å²) in [6.45, 7) is 6.89. The normalized spacial score (nSPS) is 24.8. The monoisotopic (exact) mass is 357 g/mol. The summed E-state index contributed by atoms with van der Waals surface area (Å²) in [5.41, 5.74) is 2.44. The summed E-state index contributed by atoms with van der Waals surface area (Å²) in [4.78, 5) is 4.61. The minimum atomic E-state index is 0.234. The largest absolute Gasteiger partial charge is 0.494 e. The number of hydrogen-bond acceptors (Lipinski definition) is 6. The van der Waals surface area contributed by atoms with Crippen LogP contribution in [-0.2, 0) is 12.8 Å². The summed E-state index contributed by atoms with van der Waals surface area (Å²) in [5.74, 6) is 4.11. The first-order chi connectivity index (χ1) is 12.6. The van der Waals surface area contributed by atoms with Gasteiger partial charge < -0.3 is 19.3 Å². The molecule has 140 valence electrons. The fourth-order valence-electron chi connectivity index (χ4n) is 3.71. The fourth-order valence-corrected chi connectivity index (χ4v) is 3.71. The summed E-state index contributed by atoms with van der Waals surface area (Å²) in [5, 5.41) is 7.34. The lowest BCUT2D eigenvalue weighted by Crippen LogP contribution is -2.24. The molecule has 26 heavy (non-hydrogen) atoms. The second-order valence-electron chi connectivity index (χ2n) is 7.45. The molecule has 0 saturated heterocycles. The number of nitrogens with one attached hydrogen (secondary N) is 1. The standard InChI is InChI=1S/C20H27N3O3/c1-5-24-18-8-13-7-12(3)25-17(13)10-15(18)14-9-16(14)20-22-19(23-26-20)6-11(2)21-4/h8,10-12,14,16,21H,5-7,9H2,1-4H3. The SMILES string of the molecule is CCOc1cc2c(cc1C1CC1c1nc(CC(C)NC)no1)OC(C)C2. The van der Waals surface area contributed by atoms with Crippen molar-refractivity contribution in [1.29, 1.82) is 0 Å². The number of rotatable bonds is 7. The lowest BCUT2D eigenvalue weighted by atomic mass is 10.0. The van der Waals surface area contributed by atoms with E-state index in [1.807, 2.05) is 14.0 Å². The molecule has 4 rings (SSSR count). The van der Waals surface area contributed by atoms with Gasteiger partial charge in [-0.2, -0.15) is 4.98 Å². The Kier molecular flexibility index (Phi) is 4.61. The number of hydrogen-bond donors (Lipinski definition) is 1. The van der Waals surface area contributed by atoms with E-state index in [1.54, 1.807) is 0 Å². The molecule has 1 aliphatic heterocycles. The summed E-state index contributed by atoms with van der Waals surface area (Å²) in [6, 6.07) is 4.64. The smallest absolute Gasteiger partial charge is 0.230 e. The summed E-state index contributed by atoms with van der Waals surface area (Å²) in [6.07, 6.45) is 2.96. The van der Waals surface area contributed by atoms with E-state index in [1.165, 1.54) is 11.1 Å². The first-order valence-electron chi connectivity index (χ1n) is 9.55. The number of benzene rings is 1. The van der Waals surface area contributed by atoms with Crippen LogP contribution >= 0.6 is 0 Å². The van der Waals surface area contributed by atoms with Gasteiger partial charge in [-0.25, -0.2) is 0 Å². The van der Waals surface area contributed by atoms with Crippen molar-refractivity contribution in [3.05, 3.63) is 35.0 Å². The van der Waals surface area contributed by atoms with E-state index in [4.69, 9.17) is 14.0 Å². The van der Waals surface area contributed by atoms with Crippen molar-refractivity contribution in [3.8, 4) is 11.5 Å². The Morgan fingerprint density at radius 1 is 1.35 bits per heavy atom. The lowest BCUT2D eigenvalue weighted by molar-refractivity contribution is 0.254. The molecule has 1 aromatic carbocycles. The maximum Gasteiger partial charge on any atom is 0.230 e. The lowest BCUT2D eigenvalue weighted by Gasteiger charge is -2.12. The molecule has 1 N–H and O–H groups in total. The molecule has 1 aromatic heterocycles. The summed E-state index contributed by atoms with van der Waals surface area (Å²) >= 11 is 0. The maximum absolute atomic E-state index is 5.95. The third kappa shape index (κ3) is 3.30. The molecule has 1 saturated carbocycles. The van der Waals surface area contributed by atoms with E-state index in [9.17, 15) is 0 Å². The average molecular weight is 357 g/mol. The zero-order valence-corrected chi connectivity index (χ0v) is 15.9. The van der Waals surface area contributed by atoms with Crippen LogP contribution in [-0.4, -0.2) is 35.9 Å². The van der Waals surface area contributed by atoms with Gasteiger partial charge in [-0.15, -0.1) is 0 Å². The summed E-state index contributed by atoms with van der Waals surface area (Å²) in [7, 11) is 1.94. The van der Waals surface area contributed by atoms with Gasteiger partial charge in [0.05, 0.1) is 6.61 Å². The number of ether oxygens (including phenoxy) is 2. The van der Waals surface area contributed by atoms with Gasteiger partial charge in [-0.1, -0.05) is 5.16 Å². The van der Waals surface area contributed by atoms with Crippen molar-refractivity contribution in [2.45, 2.75) is 64.0 Å². The Hall–Kier alpha value is -2.08. The number of nitrogens with zero attached hydrogens (tertiary/aromatic N) is 2. The predicted octanol–water partition coefficient (Wildman–Crippen LogP) is 3.21. The van der Waals surface area contributed by atoms with Crippen molar-refractivity contribution in [2.24, 2.45) is 0 Å². The van der Waals surface area contributed by atoms with Crippen molar-refractivity contribution in [3.63, 3.8) is 0 Å². The van der Waals surface area contributed by atoms with Crippen molar-refractivity contribution in [1.82, 2.24) is 15.5 Å². The molecule has 0 bridgehead atoms. The van der Waals surface area contributed by atoms with E-state index < -0.39 is 0 Å². The molecule has 6 heteroatoms. The van der Waals surface area contributed by atoms with E-state index >= 15 is 0 Å². The minimum Gasteiger partial charge on any atom is -0.494 e. The maximum atomic E-state index is 5.95. The molecule has 4 unspecified atom stereocenters. The molecule has 2 heterocycles. The Labute approximate surface area is 154 Å². The highest BCUT2D eigenvalue weighted by Crippen LogP contribution is 2.57. The van der Waals surface area contributed by atoms with Gasteiger partial charge in [0.25, 0.3) is 0 Å². The van der Waals surface area contributed by atoms with Gasteiger partial charge in [0.2, 0.25) is 5.89 Å². The van der Waals surface area contributed by atoms with Crippen molar-refractivity contribution in [2.75, 3.05) is 13.7 Å². The Morgan fingerprint density at radius 3 is 2.96 bits per heavy atom. The average Bonchev–Trinajstić information content (AvgIpc) is 3.12. The van der Waals surface area contributed by atoms with Gasteiger partial charge in [-0.05, 0) is 46.4 Å². The topological polar surface area (TPSA) is 69.4 Å². The molecule has 2 aromatic rings. The second-order valence-corrected chi connectivity index (χ2v) is 7.45. The Balaban J connectivity index is 1.53. The van der Waals surface area contributed by atoms with Crippen LogP contribution in [0.4, 0.5) is 0 Å². The molecular weight excluding hydrogens is 330 g/mol. The van der Waals surface area contributed by atoms with E-state index in [0.29, 0.717) is 18.6 Å². The van der Waals surface area contributed by atoms with Crippen LogP contribution in [0.25, 0.3) is 0 Å². The molecule has 2 aliphatic rings. The molecule has 4 atom stereocenters. The summed E-state index contributed by atoms with van der Waals surface area (Å²) < 4.78 is 17.4. The molecule has 1 aliphatic carbocycles. The van der Waals surface area contributed by atoms with Gasteiger partial charge in [0, 0.05) is 41.8 Å². The van der Waals surface area contributed by atoms with Crippen molar-refractivity contribution >= 4 is 0 Å². The molecule has 6 nitrogen and oxygen atoms in total. The number of likely N-dealkylation sites (N-methyl/N-ethyl adjacent to an activating group) is 1. The van der Waals surface area contributed by atoms with Gasteiger partial charge in [-0.3, -0.25) is 0 Å². The molecule has 1 fully saturated rings. The van der Waals surface area contributed by atoms with E-state index in [-0.39, 0.29) is 12.0 Å². The Bertz CT molecular complexity index is 789. The van der Waals surface area contributed by atoms with Gasteiger partial charge in [0.15, 0.2) is 5.82 Å². The van der Waals surface area contributed by atoms with E-state index in [0.717, 1.165) is 42.5 Å². The zero-order chi connectivity index (χ0) is 18.3. The molecule has 0 spiro atoms. The van der Waals surface area contributed by atoms with Crippen LogP contribution < -0.4 is 14.8 Å². The van der Waals surface area contributed by atoms with Crippen LogP contribution in [0.5, 0.6) is 11.5 Å². The molecule has 0 amide bonds. The quantitative estimate of drug-likeness (QED) is 0.820. The fraction of sp³-hybridized carbons (Fsp3) is 0.600. The zero-order valence-electron chi connectivity index (χ0n) is 15.9. The Morgan fingerprint density at radius 2 is 2.19 bits per heavy atom. The molecule has 0 radical (unpaired) electrons. The van der Waals surface area contributed by atoms with E-state index in [2.05, 4.69) is 41.4 Å². The third-order valence-corrected chi connectivity index (χ3v) is 5.30. The van der Waals surface area contributed by atoms with Crippen LogP contribution in [0.2, 0.25) is 0 Å². The highest BCUT2D eigenvalue weighted by molar-refractivity contribution is 5.52. The van der Waals surface area contributed by atoms with Crippen molar-refractivity contribution < 1.29 is 14.0 Å². The second kappa shape index (κ2) is 6.91. The first kappa shape index (κ1) is 17.3. The first-order valence-corrected chi connectivity index (χ1v) is 9.55.